The summed E-state index contributed by atoms with van der Waals surface area (Å²) < 4.78 is 1.000. The van der Waals surface area contributed by atoms with E-state index in [1.165, 1.54) is 9.75 Å². The molecule has 2 aromatic heterocycles. The molecule has 2 nitrogen and oxygen atoms in total. The summed E-state index contributed by atoms with van der Waals surface area (Å²) in [6.07, 6.45) is 4.47. The summed E-state index contributed by atoms with van der Waals surface area (Å²) >= 11 is 5.17. The van der Waals surface area contributed by atoms with Gasteiger partial charge in [0.05, 0.1) is 0 Å². The predicted octanol–water partition coefficient (Wildman–Crippen LogP) is 3.46. The van der Waals surface area contributed by atoms with Crippen LogP contribution in [0.4, 0.5) is 0 Å². The quantitative estimate of drug-likeness (QED) is 0.942. The van der Waals surface area contributed by atoms with E-state index in [1.54, 1.807) is 17.5 Å². The van der Waals surface area contributed by atoms with Gasteiger partial charge in [0.2, 0.25) is 0 Å². The summed E-state index contributed by atoms with van der Waals surface area (Å²) in [6, 6.07) is 6.34. The molecule has 0 saturated carbocycles. The third kappa shape index (κ3) is 2.90. The molecule has 2 aromatic rings. The van der Waals surface area contributed by atoms with Gasteiger partial charge >= 0.3 is 0 Å². The number of halogens is 1. The number of nitrogens with zero attached hydrogens (tertiary/aromatic N) is 1. The largest absolute Gasteiger partial charge is 0.323 e. The van der Waals surface area contributed by atoms with Crippen molar-refractivity contribution in [3.05, 3.63) is 50.4 Å². The van der Waals surface area contributed by atoms with Crippen molar-refractivity contribution in [3.8, 4) is 0 Å². The lowest BCUT2D eigenvalue weighted by atomic mass is 10.1. The maximum Gasteiger partial charge on any atom is 0.0431 e. The van der Waals surface area contributed by atoms with Crippen LogP contribution in [0.1, 0.15) is 21.4 Å². The molecule has 0 fully saturated rings. The van der Waals surface area contributed by atoms with Gasteiger partial charge in [0, 0.05) is 32.7 Å². The van der Waals surface area contributed by atoms with E-state index < -0.39 is 0 Å². The number of pyridine rings is 1. The van der Waals surface area contributed by atoms with Crippen molar-refractivity contribution in [2.75, 3.05) is 0 Å². The molecule has 0 aliphatic carbocycles. The normalized spacial score (nSPS) is 12.7. The van der Waals surface area contributed by atoms with Crippen LogP contribution in [0.2, 0.25) is 0 Å². The summed E-state index contributed by atoms with van der Waals surface area (Å²) in [4.78, 5) is 6.67. The van der Waals surface area contributed by atoms with Crippen LogP contribution in [0, 0.1) is 6.92 Å². The molecular weight excluding hydrogens is 284 g/mol. The molecule has 0 radical (unpaired) electrons. The zero-order chi connectivity index (χ0) is 11.5. The Morgan fingerprint density at radius 1 is 1.44 bits per heavy atom. The fourth-order valence-electron chi connectivity index (χ4n) is 1.57. The molecule has 1 atom stereocenters. The van der Waals surface area contributed by atoms with Gasteiger partial charge in [0.15, 0.2) is 0 Å². The fraction of sp³-hybridized carbons (Fsp3) is 0.250. The van der Waals surface area contributed by atoms with E-state index in [2.05, 4.69) is 46.0 Å². The Balaban J connectivity index is 2.10. The van der Waals surface area contributed by atoms with E-state index in [4.69, 9.17) is 5.73 Å². The topological polar surface area (TPSA) is 38.9 Å². The highest BCUT2D eigenvalue weighted by atomic mass is 79.9. The number of aryl methyl sites for hydroxylation is 1. The monoisotopic (exact) mass is 296 g/mol. The van der Waals surface area contributed by atoms with E-state index in [0.717, 1.165) is 16.5 Å². The Labute approximate surface area is 108 Å². The number of hydrogen-bond acceptors (Lipinski definition) is 3. The van der Waals surface area contributed by atoms with Gasteiger partial charge in [-0.15, -0.1) is 11.3 Å². The van der Waals surface area contributed by atoms with Gasteiger partial charge in [-0.1, -0.05) is 0 Å². The van der Waals surface area contributed by atoms with Gasteiger partial charge in [-0.2, -0.15) is 0 Å². The van der Waals surface area contributed by atoms with Crippen molar-refractivity contribution in [1.29, 1.82) is 0 Å². The molecule has 0 bridgehead atoms. The van der Waals surface area contributed by atoms with Crippen LogP contribution in [-0.2, 0) is 6.42 Å². The zero-order valence-corrected chi connectivity index (χ0v) is 11.4. The van der Waals surface area contributed by atoms with Crippen LogP contribution in [0.5, 0.6) is 0 Å². The van der Waals surface area contributed by atoms with Gasteiger partial charge < -0.3 is 5.73 Å². The van der Waals surface area contributed by atoms with Crippen molar-refractivity contribution in [1.82, 2.24) is 4.98 Å². The van der Waals surface area contributed by atoms with E-state index >= 15 is 0 Å². The highest BCUT2D eigenvalue weighted by molar-refractivity contribution is 9.10. The summed E-state index contributed by atoms with van der Waals surface area (Å²) in [5, 5.41) is 0. The van der Waals surface area contributed by atoms with Crippen molar-refractivity contribution in [3.63, 3.8) is 0 Å². The fourth-order valence-corrected chi connectivity index (χ4v) is 2.87. The van der Waals surface area contributed by atoms with Crippen molar-refractivity contribution in [2.45, 2.75) is 19.4 Å². The first-order chi connectivity index (χ1) is 7.65. The first kappa shape index (κ1) is 11.8. The molecule has 0 amide bonds. The standard InChI is InChI=1S/C12H13BrN2S/c1-8-2-3-12(16-8)11(14)5-9-4-10(13)7-15-6-9/h2-4,6-7,11H,5,14H2,1H3. The van der Waals surface area contributed by atoms with Crippen LogP contribution in [0.25, 0.3) is 0 Å². The molecule has 4 heteroatoms. The number of hydrogen-bond donors (Lipinski definition) is 1. The van der Waals surface area contributed by atoms with Crippen LogP contribution < -0.4 is 5.73 Å². The van der Waals surface area contributed by atoms with Crippen molar-refractivity contribution in [2.24, 2.45) is 5.73 Å². The molecular formula is C12H13BrN2S. The molecule has 0 saturated heterocycles. The molecule has 84 valence electrons. The summed E-state index contributed by atoms with van der Waals surface area (Å²) in [5.74, 6) is 0. The lowest BCUT2D eigenvalue weighted by Crippen LogP contribution is -2.11. The van der Waals surface area contributed by atoms with E-state index in [1.807, 2.05) is 6.20 Å². The second-order valence-electron chi connectivity index (χ2n) is 3.77. The number of thiophene rings is 1. The van der Waals surface area contributed by atoms with Gasteiger partial charge in [0.25, 0.3) is 0 Å². The van der Waals surface area contributed by atoms with Gasteiger partial charge in [-0.25, -0.2) is 0 Å². The van der Waals surface area contributed by atoms with Crippen LogP contribution >= 0.6 is 27.3 Å². The number of aromatic nitrogens is 1. The molecule has 2 heterocycles. The van der Waals surface area contributed by atoms with Crippen LogP contribution in [0.3, 0.4) is 0 Å². The Morgan fingerprint density at radius 3 is 2.88 bits per heavy atom. The average molecular weight is 297 g/mol. The van der Waals surface area contributed by atoms with Gasteiger partial charge in [-0.3, -0.25) is 4.98 Å². The number of nitrogens with two attached hydrogens (primary N) is 1. The second kappa shape index (κ2) is 5.08. The van der Waals surface area contributed by atoms with Crippen molar-refractivity contribution >= 4 is 27.3 Å². The summed E-state index contributed by atoms with van der Waals surface area (Å²) in [5.41, 5.74) is 7.32. The van der Waals surface area contributed by atoms with Gasteiger partial charge in [0.1, 0.15) is 0 Å². The minimum atomic E-state index is 0.0646. The zero-order valence-electron chi connectivity index (χ0n) is 8.98. The maximum absolute atomic E-state index is 6.16. The molecule has 1 unspecified atom stereocenters. The molecule has 0 aliphatic rings. The Hall–Kier alpha value is -0.710. The predicted molar refractivity (Wildman–Crippen MR) is 71.6 cm³/mol. The minimum absolute atomic E-state index is 0.0646. The smallest absolute Gasteiger partial charge is 0.0431 e. The lowest BCUT2D eigenvalue weighted by Gasteiger charge is -2.09. The third-order valence-electron chi connectivity index (χ3n) is 2.34. The molecule has 0 aliphatic heterocycles. The first-order valence-corrected chi connectivity index (χ1v) is 6.67. The molecule has 2 N–H and O–H groups in total. The van der Waals surface area contributed by atoms with E-state index in [-0.39, 0.29) is 6.04 Å². The van der Waals surface area contributed by atoms with E-state index in [9.17, 15) is 0 Å². The first-order valence-electron chi connectivity index (χ1n) is 5.06. The van der Waals surface area contributed by atoms with Crippen LogP contribution in [0.15, 0.2) is 35.1 Å². The van der Waals surface area contributed by atoms with E-state index in [0.29, 0.717) is 0 Å². The summed E-state index contributed by atoms with van der Waals surface area (Å²) in [6.45, 7) is 2.10. The Morgan fingerprint density at radius 2 is 2.25 bits per heavy atom. The second-order valence-corrected chi connectivity index (χ2v) is 6.01. The highest BCUT2D eigenvalue weighted by Gasteiger charge is 2.09. The average Bonchev–Trinajstić information content (AvgIpc) is 2.65. The molecule has 0 aromatic carbocycles. The Bertz CT molecular complexity index is 481. The SMILES string of the molecule is Cc1ccc(C(N)Cc2cncc(Br)c2)s1. The lowest BCUT2D eigenvalue weighted by molar-refractivity contribution is 0.733. The Kier molecular flexibility index (Phi) is 3.74. The third-order valence-corrected chi connectivity index (χ3v) is 3.91. The molecule has 0 spiro atoms. The minimum Gasteiger partial charge on any atom is -0.323 e. The highest BCUT2D eigenvalue weighted by Crippen LogP contribution is 2.24. The van der Waals surface area contributed by atoms with Gasteiger partial charge in [-0.05, 0) is 53.0 Å². The number of rotatable bonds is 3. The molecule has 2 rings (SSSR count). The molecule has 16 heavy (non-hydrogen) atoms. The van der Waals surface area contributed by atoms with Crippen LogP contribution in [-0.4, -0.2) is 4.98 Å². The maximum atomic E-state index is 6.16. The van der Waals surface area contributed by atoms with Crippen molar-refractivity contribution < 1.29 is 0 Å². The summed E-state index contributed by atoms with van der Waals surface area (Å²) in [7, 11) is 0.